The summed E-state index contributed by atoms with van der Waals surface area (Å²) < 4.78 is 0. The van der Waals surface area contributed by atoms with E-state index in [0.717, 1.165) is 64.5 Å². The third-order valence-corrected chi connectivity index (χ3v) is 8.40. The van der Waals surface area contributed by atoms with Crippen LogP contribution in [0.5, 0.6) is 0 Å². The number of carbonyl (C=O) groups is 2. The van der Waals surface area contributed by atoms with Crippen LogP contribution in [0.3, 0.4) is 0 Å². The van der Waals surface area contributed by atoms with Crippen LogP contribution in [-0.4, -0.2) is 16.8 Å². The molecule has 5 rings (SSSR count). The lowest BCUT2D eigenvalue weighted by atomic mass is 9.84. The Morgan fingerprint density at radius 3 is 2.56 bits per heavy atom. The second-order valence-corrected chi connectivity index (χ2v) is 10.9. The number of nitrogens with one attached hydrogen (secondary N) is 1. The van der Waals surface area contributed by atoms with Gasteiger partial charge in [0.15, 0.2) is 0 Å². The van der Waals surface area contributed by atoms with Crippen LogP contribution in [0.15, 0.2) is 48.5 Å². The van der Waals surface area contributed by atoms with E-state index >= 15 is 0 Å². The van der Waals surface area contributed by atoms with Gasteiger partial charge in [0.2, 0.25) is 0 Å². The van der Waals surface area contributed by atoms with Gasteiger partial charge in [-0.15, -0.1) is 11.3 Å². The summed E-state index contributed by atoms with van der Waals surface area (Å²) in [6, 6.07) is 15.9. The molecule has 0 saturated heterocycles. The fourth-order valence-corrected chi connectivity index (χ4v) is 6.78. The Morgan fingerprint density at radius 2 is 1.83 bits per heavy atom. The molecule has 1 atom stereocenters. The van der Waals surface area contributed by atoms with E-state index in [1.165, 1.54) is 22.6 Å². The van der Waals surface area contributed by atoms with Crippen molar-refractivity contribution in [2.24, 2.45) is 11.7 Å². The highest BCUT2D eigenvalue weighted by molar-refractivity contribution is 7.17. The first kappa shape index (κ1) is 24.2. The van der Waals surface area contributed by atoms with E-state index in [9.17, 15) is 9.59 Å². The van der Waals surface area contributed by atoms with E-state index in [2.05, 4.69) is 12.2 Å². The second-order valence-electron chi connectivity index (χ2n) is 9.77. The highest BCUT2D eigenvalue weighted by Gasteiger charge is 2.29. The Morgan fingerprint density at radius 1 is 1.08 bits per heavy atom. The number of nitrogens with two attached hydrogens (primary N) is 1. The van der Waals surface area contributed by atoms with Crippen LogP contribution < -0.4 is 11.1 Å². The normalized spacial score (nSPS) is 15.0. The molecule has 184 valence electrons. The topological polar surface area (TPSA) is 85.1 Å². The van der Waals surface area contributed by atoms with Crippen molar-refractivity contribution >= 4 is 39.1 Å². The number of carbonyl (C=O) groups excluding carboxylic acids is 2. The molecule has 3 N–H and O–H groups in total. The lowest BCUT2D eigenvalue weighted by molar-refractivity contribution is 0.1000. The number of fused-ring (bicyclic) bond motifs is 2. The zero-order chi connectivity index (χ0) is 25.4. The lowest BCUT2D eigenvalue weighted by Crippen LogP contribution is -2.20. The van der Waals surface area contributed by atoms with Crippen molar-refractivity contribution in [3.63, 3.8) is 0 Å². The summed E-state index contributed by atoms with van der Waals surface area (Å²) in [6.45, 7) is 6.19. The van der Waals surface area contributed by atoms with E-state index in [4.69, 9.17) is 10.7 Å². The van der Waals surface area contributed by atoms with E-state index in [1.807, 2.05) is 62.4 Å². The first-order chi connectivity index (χ1) is 17.4. The van der Waals surface area contributed by atoms with Gasteiger partial charge in [0.1, 0.15) is 5.00 Å². The summed E-state index contributed by atoms with van der Waals surface area (Å²) in [6.07, 6.45) is 5.15. The highest BCUT2D eigenvalue weighted by Crippen LogP contribution is 2.41. The van der Waals surface area contributed by atoms with Crippen LogP contribution in [0.1, 0.15) is 68.5 Å². The van der Waals surface area contributed by atoms with Crippen molar-refractivity contribution in [3.05, 3.63) is 81.2 Å². The van der Waals surface area contributed by atoms with Crippen LogP contribution in [0.4, 0.5) is 5.00 Å². The van der Waals surface area contributed by atoms with Gasteiger partial charge in [-0.2, -0.15) is 0 Å². The number of thiophene rings is 1. The van der Waals surface area contributed by atoms with Crippen molar-refractivity contribution in [2.75, 3.05) is 5.32 Å². The number of amides is 2. The first-order valence-corrected chi connectivity index (χ1v) is 13.4. The fourth-order valence-electron chi connectivity index (χ4n) is 5.42. The van der Waals surface area contributed by atoms with Crippen molar-refractivity contribution in [1.82, 2.24) is 4.98 Å². The number of anilines is 1. The SMILES string of the molecule is CCCC1CCc2c(sc(NC(=O)c3c(C)c(-c4ccc(C)cc4)nc4ccccc34)c2C(N)=O)C1. The molecule has 1 unspecified atom stereocenters. The maximum absolute atomic E-state index is 13.9. The van der Waals surface area contributed by atoms with E-state index in [0.29, 0.717) is 22.0 Å². The molecule has 36 heavy (non-hydrogen) atoms. The number of nitrogens with zero attached hydrogens (tertiary/aromatic N) is 1. The van der Waals surface area contributed by atoms with E-state index in [-0.39, 0.29) is 5.91 Å². The molecule has 1 aliphatic rings. The largest absolute Gasteiger partial charge is 0.365 e. The predicted octanol–water partition coefficient (Wildman–Crippen LogP) is 6.84. The third kappa shape index (κ3) is 4.42. The molecule has 2 heterocycles. The molecule has 0 aliphatic heterocycles. The Kier molecular flexibility index (Phi) is 6.63. The molecule has 0 saturated carbocycles. The lowest BCUT2D eigenvalue weighted by Gasteiger charge is -2.21. The summed E-state index contributed by atoms with van der Waals surface area (Å²) >= 11 is 1.51. The number of hydrogen-bond acceptors (Lipinski definition) is 4. The minimum absolute atomic E-state index is 0.245. The quantitative estimate of drug-likeness (QED) is 0.306. The molecule has 6 heteroatoms. The molecule has 5 nitrogen and oxygen atoms in total. The van der Waals surface area contributed by atoms with Gasteiger partial charge in [0.25, 0.3) is 11.8 Å². The number of aromatic nitrogens is 1. The second kappa shape index (κ2) is 9.86. The Hall–Kier alpha value is -3.51. The maximum atomic E-state index is 13.9. The number of pyridine rings is 1. The number of rotatable bonds is 6. The van der Waals surface area contributed by atoms with Gasteiger partial charge < -0.3 is 11.1 Å². The molecular weight excluding hydrogens is 466 g/mol. The van der Waals surface area contributed by atoms with Crippen molar-refractivity contribution in [2.45, 2.75) is 52.9 Å². The molecule has 0 spiro atoms. The van der Waals surface area contributed by atoms with Gasteiger partial charge in [-0.05, 0) is 56.2 Å². The molecule has 2 aromatic heterocycles. The summed E-state index contributed by atoms with van der Waals surface area (Å²) in [5.74, 6) is -0.104. The molecule has 0 bridgehead atoms. The van der Waals surface area contributed by atoms with Crippen LogP contribution in [0.25, 0.3) is 22.2 Å². The fraction of sp³-hybridized carbons (Fsp3) is 0.300. The standard InChI is InChI=1S/C30H31N3O2S/c1-4-7-19-12-15-22-24(16-19)36-30(26(22)28(31)34)33-29(35)25-18(3)27(20-13-10-17(2)11-14-20)32-23-9-6-5-8-21(23)25/h5-6,8-11,13-14,19H,4,7,12,15-16H2,1-3H3,(H2,31,34)(H,33,35). The highest BCUT2D eigenvalue weighted by atomic mass is 32.1. The van der Waals surface area contributed by atoms with Crippen molar-refractivity contribution in [3.8, 4) is 11.3 Å². The molecular formula is C30H31N3O2S. The number of benzene rings is 2. The minimum Gasteiger partial charge on any atom is -0.365 e. The third-order valence-electron chi connectivity index (χ3n) is 7.23. The van der Waals surface area contributed by atoms with E-state index < -0.39 is 5.91 Å². The molecule has 0 radical (unpaired) electrons. The van der Waals surface area contributed by atoms with E-state index in [1.54, 1.807) is 0 Å². The minimum atomic E-state index is -0.478. The van der Waals surface area contributed by atoms with Crippen LogP contribution in [0.2, 0.25) is 0 Å². The number of para-hydroxylation sites is 1. The molecule has 0 fully saturated rings. The Balaban J connectivity index is 1.58. The van der Waals surface area contributed by atoms with Gasteiger partial charge in [0, 0.05) is 15.8 Å². The number of hydrogen-bond donors (Lipinski definition) is 2. The van der Waals surface area contributed by atoms with Crippen LogP contribution in [0, 0.1) is 19.8 Å². The smallest absolute Gasteiger partial charge is 0.257 e. The van der Waals surface area contributed by atoms with Gasteiger partial charge in [-0.1, -0.05) is 67.8 Å². The zero-order valence-corrected chi connectivity index (χ0v) is 21.8. The van der Waals surface area contributed by atoms with Crippen LogP contribution >= 0.6 is 11.3 Å². The van der Waals surface area contributed by atoms with Crippen LogP contribution in [-0.2, 0) is 12.8 Å². The molecule has 2 amide bonds. The predicted molar refractivity (Wildman–Crippen MR) is 148 cm³/mol. The zero-order valence-electron chi connectivity index (χ0n) is 21.0. The number of primary amides is 1. The average molecular weight is 498 g/mol. The molecule has 2 aromatic carbocycles. The summed E-state index contributed by atoms with van der Waals surface area (Å²) in [4.78, 5) is 32.4. The summed E-state index contributed by atoms with van der Waals surface area (Å²) in [5.41, 5.74) is 12.4. The number of aryl methyl sites for hydroxylation is 1. The van der Waals surface area contributed by atoms with Gasteiger partial charge in [-0.25, -0.2) is 4.98 Å². The molecule has 1 aliphatic carbocycles. The van der Waals surface area contributed by atoms with Gasteiger partial charge in [-0.3, -0.25) is 9.59 Å². The monoisotopic (exact) mass is 497 g/mol. The van der Waals surface area contributed by atoms with Gasteiger partial charge >= 0.3 is 0 Å². The first-order valence-electron chi connectivity index (χ1n) is 12.6. The van der Waals surface area contributed by atoms with Crippen molar-refractivity contribution in [1.29, 1.82) is 0 Å². The van der Waals surface area contributed by atoms with Crippen molar-refractivity contribution < 1.29 is 9.59 Å². The van der Waals surface area contributed by atoms with Gasteiger partial charge in [0.05, 0.1) is 22.3 Å². The Labute approximate surface area is 215 Å². The summed E-state index contributed by atoms with van der Waals surface area (Å²) in [7, 11) is 0. The average Bonchev–Trinajstić information content (AvgIpc) is 3.21. The summed E-state index contributed by atoms with van der Waals surface area (Å²) in [5, 5.41) is 4.43. The molecule has 4 aromatic rings. The maximum Gasteiger partial charge on any atom is 0.257 e. The Bertz CT molecular complexity index is 1470.